The van der Waals surface area contributed by atoms with Crippen LogP contribution in [0.1, 0.15) is 72.5 Å². The first kappa shape index (κ1) is 29.8. The van der Waals surface area contributed by atoms with E-state index in [1.54, 1.807) is 37.5 Å². The highest BCUT2D eigenvalue weighted by molar-refractivity contribution is 5.67. The van der Waals surface area contributed by atoms with Gasteiger partial charge in [-0.3, -0.25) is 19.4 Å². The molecule has 226 valence electrons. The Morgan fingerprint density at radius 1 is 1.07 bits per heavy atom. The minimum Gasteiger partial charge on any atom is -0.482 e. The second kappa shape index (κ2) is 10.5. The van der Waals surface area contributed by atoms with Crippen molar-refractivity contribution in [1.82, 2.24) is 4.98 Å². The lowest BCUT2D eigenvalue weighted by Gasteiger charge is -2.66. The van der Waals surface area contributed by atoms with Crippen LogP contribution in [0.5, 0.6) is 5.75 Å². The number of esters is 3. The summed E-state index contributed by atoms with van der Waals surface area (Å²) >= 11 is 0. The zero-order chi connectivity index (χ0) is 30.6. The van der Waals surface area contributed by atoms with Gasteiger partial charge >= 0.3 is 23.5 Å². The first-order valence-corrected chi connectivity index (χ1v) is 14.1. The van der Waals surface area contributed by atoms with Gasteiger partial charge in [0.2, 0.25) is 0 Å². The summed E-state index contributed by atoms with van der Waals surface area (Å²) in [7, 11) is 0. The Hall–Kier alpha value is -3.73. The Morgan fingerprint density at radius 2 is 1.76 bits per heavy atom. The molecule has 3 aliphatic rings. The zero-order valence-electron chi connectivity index (χ0n) is 24.7. The topological polar surface area (TPSA) is 151 Å². The molecule has 42 heavy (non-hydrogen) atoms. The number of aromatic nitrogens is 1. The fraction of sp³-hybridized carbons (Fsp3) is 0.581. The average molecular weight is 584 g/mol. The molecule has 11 nitrogen and oxygen atoms in total. The van der Waals surface area contributed by atoms with Crippen LogP contribution in [0, 0.1) is 22.7 Å². The van der Waals surface area contributed by atoms with Crippen LogP contribution >= 0.6 is 0 Å². The third-order valence-electron chi connectivity index (χ3n) is 9.73. The van der Waals surface area contributed by atoms with E-state index in [1.807, 2.05) is 13.8 Å². The molecule has 3 heterocycles. The molecule has 2 saturated carbocycles. The monoisotopic (exact) mass is 583 g/mol. The van der Waals surface area contributed by atoms with E-state index in [1.165, 1.54) is 20.8 Å². The van der Waals surface area contributed by atoms with E-state index in [0.29, 0.717) is 18.4 Å². The highest BCUT2D eigenvalue weighted by Gasteiger charge is 2.70. The molecule has 0 amide bonds. The molecule has 2 fully saturated rings. The highest BCUT2D eigenvalue weighted by atomic mass is 16.6. The number of fused-ring (bicyclic) bond motifs is 4. The second-order valence-corrected chi connectivity index (χ2v) is 12.4. The maximum Gasteiger partial charge on any atom is 0.345 e. The number of hydrogen-bond acceptors (Lipinski definition) is 11. The average Bonchev–Trinajstić information content (AvgIpc) is 2.90. The first-order chi connectivity index (χ1) is 19.7. The van der Waals surface area contributed by atoms with Gasteiger partial charge in [-0.25, -0.2) is 4.79 Å². The van der Waals surface area contributed by atoms with E-state index in [0.717, 1.165) is 0 Å². The van der Waals surface area contributed by atoms with Crippen LogP contribution in [-0.4, -0.2) is 52.4 Å². The summed E-state index contributed by atoms with van der Waals surface area (Å²) in [6.45, 7) is 9.56. The Bertz CT molecular complexity index is 1460. The van der Waals surface area contributed by atoms with Crippen LogP contribution in [0.4, 0.5) is 0 Å². The van der Waals surface area contributed by atoms with Crippen molar-refractivity contribution < 1.29 is 42.9 Å². The molecular weight excluding hydrogens is 546 g/mol. The molecule has 4 unspecified atom stereocenters. The van der Waals surface area contributed by atoms with Gasteiger partial charge in [-0.05, 0) is 49.7 Å². The number of rotatable bonds is 5. The van der Waals surface area contributed by atoms with Gasteiger partial charge in [-0.1, -0.05) is 13.8 Å². The van der Waals surface area contributed by atoms with Crippen LogP contribution < -0.4 is 10.4 Å². The second-order valence-electron chi connectivity index (χ2n) is 12.4. The standard InChI is InChI=1S/C31H37NO10/c1-16(33)38-15-30(5)22-13-24(40-18(3)35)31(6)27(29(22,4)10-9-23(30)39-17(2)34)26(36)25-21(42-31)12-20(41-28(25)37)19-8-7-11-32-14-19/h7-8,11-12,14,22-24,26-27,36H,9-10,13,15H2,1-6H3/t22?,23-,24-,26-,27?,29?,30+,31?/m0/s1. The fourth-order valence-corrected chi connectivity index (χ4v) is 8.04. The highest BCUT2D eigenvalue weighted by Crippen LogP contribution is 2.67. The van der Waals surface area contributed by atoms with E-state index >= 15 is 0 Å². The van der Waals surface area contributed by atoms with Gasteiger partial charge in [-0.2, -0.15) is 0 Å². The van der Waals surface area contributed by atoms with Crippen LogP contribution in [-0.2, 0) is 28.6 Å². The van der Waals surface area contributed by atoms with Crippen LogP contribution in [0.2, 0.25) is 0 Å². The number of carbonyl (C=O) groups excluding carboxylic acids is 3. The van der Waals surface area contributed by atoms with Gasteiger partial charge in [0, 0.05) is 56.1 Å². The smallest absolute Gasteiger partial charge is 0.345 e. The molecule has 0 saturated heterocycles. The van der Waals surface area contributed by atoms with Gasteiger partial charge in [0.05, 0.1) is 6.10 Å². The van der Waals surface area contributed by atoms with E-state index in [-0.39, 0.29) is 36.0 Å². The largest absolute Gasteiger partial charge is 0.482 e. The van der Waals surface area contributed by atoms with Crippen molar-refractivity contribution in [3.8, 4) is 17.1 Å². The number of aliphatic hydroxyl groups excluding tert-OH is 1. The van der Waals surface area contributed by atoms with Crippen LogP contribution in [0.15, 0.2) is 39.8 Å². The predicted octanol–water partition coefficient (Wildman–Crippen LogP) is 3.76. The van der Waals surface area contributed by atoms with E-state index < -0.39 is 64.2 Å². The van der Waals surface area contributed by atoms with Gasteiger partial charge in [0.1, 0.15) is 41.5 Å². The molecular formula is C31H37NO10. The molecule has 0 radical (unpaired) electrons. The first-order valence-electron chi connectivity index (χ1n) is 14.1. The molecule has 11 heteroatoms. The summed E-state index contributed by atoms with van der Waals surface area (Å²) in [6, 6.07) is 5.00. The predicted molar refractivity (Wildman–Crippen MR) is 147 cm³/mol. The maximum absolute atomic E-state index is 13.4. The van der Waals surface area contributed by atoms with E-state index in [2.05, 4.69) is 4.98 Å². The van der Waals surface area contributed by atoms with Crippen molar-refractivity contribution >= 4 is 17.9 Å². The molecule has 8 atom stereocenters. The molecule has 1 aliphatic heterocycles. The summed E-state index contributed by atoms with van der Waals surface area (Å²) in [5, 5.41) is 12.1. The van der Waals surface area contributed by atoms with Gasteiger partial charge in [0.15, 0.2) is 0 Å². The zero-order valence-corrected chi connectivity index (χ0v) is 24.7. The molecule has 2 aliphatic carbocycles. The maximum atomic E-state index is 13.4. The van der Waals surface area contributed by atoms with Crippen molar-refractivity contribution in [1.29, 1.82) is 0 Å². The lowest BCUT2D eigenvalue weighted by atomic mass is 9.42. The molecule has 2 aromatic heterocycles. The van der Waals surface area contributed by atoms with Crippen LogP contribution in [0.3, 0.4) is 0 Å². The molecule has 0 spiro atoms. The van der Waals surface area contributed by atoms with Crippen molar-refractivity contribution in [2.45, 2.75) is 84.7 Å². The normalized spacial score (nSPS) is 35.0. The Labute approximate surface area is 243 Å². The van der Waals surface area contributed by atoms with Crippen molar-refractivity contribution in [2.75, 3.05) is 6.61 Å². The van der Waals surface area contributed by atoms with Crippen molar-refractivity contribution in [3.05, 3.63) is 46.6 Å². The molecule has 2 aromatic rings. The SMILES string of the molecule is CC(=O)OC[C@]1(C)C2C[C@H](OC(C)=O)C3(C)Oc4cc(-c5cccnc5)oc(=O)c4[C@H](O)C3C2(C)CC[C@@H]1OC(C)=O. The Balaban J connectivity index is 1.66. The fourth-order valence-electron chi connectivity index (χ4n) is 8.04. The van der Waals surface area contributed by atoms with Gasteiger partial charge < -0.3 is 28.5 Å². The third-order valence-corrected chi connectivity index (χ3v) is 9.73. The minimum absolute atomic E-state index is 0.0163. The van der Waals surface area contributed by atoms with Crippen molar-refractivity contribution in [3.63, 3.8) is 0 Å². The van der Waals surface area contributed by atoms with E-state index in [9.17, 15) is 24.3 Å². The molecule has 5 rings (SSSR count). The molecule has 1 N–H and O–H groups in total. The summed E-state index contributed by atoms with van der Waals surface area (Å²) in [5.74, 6) is -2.25. The Kier molecular flexibility index (Phi) is 7.45. The lowest BCUT2D eigenvalue weighted by molar-refractivity contribution is -0.270. The Morgan fingerprint density at radius 3 is 2.38 bits per heavy atom. The number of aliphatic hydroxyl groups is 1. The van der Waals surface area contributed by atoms with Crippen LogP contribution in [0.25, 0.3) is 11.3 Å². The molecule has 0 aromatic carbocycles. The van der Waals surface area contributed by atoms with E-state index in [4.69, 9.17) is 23.4 Å². The van der Waals surface area contributed by atoms with Gasteiger partial charge in [0.25, 0.3) is 0 Å². The van der Waals surface area contributed by atoms with Gasteiger partial charge in [-0.15, -0.1) is 0 Å². The quantitative estimate of drug-likeness (QED) is 0.405. The number of pyridine rings is 1. The minimum atomic E-state index is -1.34. The lowest BCUT2D eigenvalue weighted by Crippen LogP contribution is -2.71. The van der Waals surface area contributed by atoms with Crippen molar-refractivity contribution in [2.24, 2.45) is 22.7 Å². The summed E-state index contributed by atoms with van der Waals surface area (Å²) in [6.07, 6.45) is 1.53. The summed E-state index contributed by atoms with van der Waals surface area (Å²) < 4.78 is 29.5. The number of ether oxygens (including phenoxy) is 4. The number of carbonyl (C=O) groups is 3. The number of hydrogen-bond donors (Lipinski definition) is 1. The molecule has 0 bridgehead atoms. The number of nitrogens with zero attached hydrogens (tertiary/aromatic N) is 1. The third kappa shape index (κ3) is 4.77. The summed E-state index contributed by atoms with van der Waals surface area (Å²) in [4.78, 5) is 54.0. The summed E-state index contributed by atoms with van der Waals surface area (Å²) in [5.41, 5.74) is -3.09.